The number of aliphatic hydroxyl groups is 1. The van der Waals surface area contributed by atoms with E-state index in [1.807, 2.05) is 18.7 Å². The molecule has 0 radical (unpaired) electrons. The third-order valence-corrected chi connectivity index (χ3v) is 8.50. The number of anilines is 1. The smallest absolute Gasteiger partial charge is 0.406 e. The van der Waals surface area contributed by atoms with Crippen LogP contribution in [0, 0.1) is 5.92 Å². The first-order chi connectivity index (χ1) is 18.7. The Hall–Kier alpha value is -2.84. The Balaban J connectivity index is 1.66. The Labute approximate surface area is 232 Å². The molecule has 40 heavy (non-hydrogen) atoms. The summed E-state index contributed by atoms with van der Waals surface area (Å²) in [5.41, 5.74) is 1.22. The van der Waals surface area contributed by atoms with Gasteiger partial charge >= 0.3 is 6.36 Å². The van der Waals surface area contributed by atoms with Gasteiger partial charge in [-0.1, -0.05) is 32.0 Å². The van der Waals surface area contributed by atoms with E-state index in [-0.39, 0.29) is 28.8 Å². The topological polar surface area (TPSA) is 123 Å². The van der Waals surface area contributed by atoms with Crippen molar-refractivity contribution in [1.82, 2.24) is 9.80 Å². The van der Waals surface area contributed by atoms with E-state index >= 15 is 0 Å². The molecule has 2 heterocycles. The molecule has 9 nitrogen and oxygen atoms in total. The number of fused-ring (bicyclic) bond motifs is 1. The van der Waals surface area contributed by atoms with Crippen molar-refractivity contribution >= 4 is 28.1 Å². The number of likely N-dealkylation sites (tertiary alicyclic amines) is 1. The zero-order chi connectivity index (χ0) is 29.2. The van der Waals surface area contributed by atoms with Gasteiger partial charge in [-0.25, -0.2) is 0 Å². The standard InChI is InChI=1S/C27H34F3N3O6S/c1-17(2)13-33(26(36)11-18-6-7-24-22(10-18)31-25(35)16-40(24,37)38)23(15-32-9-8-20(34)14-32)19-4-3-5-21(12-19)39-27(28,29)30/h3-7,10,12,17,20,23,34,37-38H,8-9,11,13-16H2,1-2H3,(H,31,35)/t20-,23+/m0/s1. The van der Waals surface area contributed by atoms with Crippen LogP contribution in [0.5, 0.6) is 5.75 Å². The van der Waals surface area contributed by atoms with E-state index in [0.717, 1.165) is 0 Å². The highest BCUT2D eigenvalue weighted by Gasteiger charge is 2.34. The fourth-order valence-corrected chi connectivity index (χ4v) is 6.46. The molecule has 4 rings (SSSR count). The molecule has 4 N–H and O–H groups in total. The number of hydrogen-bond donors (Lipinski definition) is 4. The van der Waals surface area contributed by atoms with Crippen molar-refractivity contribution in [2.24, 2.45) is 5.92 Å². The maximum Gasteiger partial charge on any atom is 0.573 e. The monoisotopic (exact) mass is 585 g/mol. The minimum Gasteiger partial charge on any atom is -0.406 e. The normalized spacial score (nSPS) is 20.5. The maximum absolute atomic E-state index is 13.8. The summed E-state index contributed by atoms with van der Waals surface area (Å²) in [7, 11) is -3.28. The highest BCUT2D eigenvalue weighted by Crippen LogP contribution is 2.53. The van der Waals surface area contributed by atoms with Crippen molar-refractivity contribution in [3.63, 3.8) is 0 Å². The van der Waals surface area contributed by atoms with Crippen molar-refractivity contribution in [2.75, 3.05) is 37.2 Å². The van der Waals surface area contributed by atoms with Gasteiger partial charge in [-0.15, -0.1) is 13.2 Å². The summed E-state index contributed by atoms with van der Waals surface area (Å²) < 4.78 is 63.6. The first-order valence-electron chi connectivity index (χ1n) is 12.9. The van der Waals surface area contributed by atoms with E-state index in [9.17, 15) is 37.0 Å². The Bertz CT molecular complexity index is 1240. The molecule has 2 aromatic carbocycles. The van der Waals surface area contributed by atoms with Gasteiger partial charge in [0.15, 0.2) is 0 Å². The summed E-state index contributed by atoms with van der Waals surface area (Å²) in [6, 6.07) is 9.57. The number of amides is 2. The van der Waals surface area contributed by atoms with Crippen molar-refractivity contribution in [1.29, 1.82) is 0 Å². The largest absolute Gasteiger partial charge is 0.573 e. The summed E-state index contributed by atoms with van der Waals surface area (Å²) in [6.07, 6.45) is -4.92. The number of hydrogen-bond acceptors (Lipinski definition) is 7. The van der Waals surface area contributed by atoms with Gasteiger partial charge in [0.25, 0.3) is 0 Å². The molecule has 0 spiro atoms. The van der Waals surface area contributed by atoms with E-state index in [1.165, 1.54) is 30.3 Å². The number of aliphatic hydroxyl groups excluding tert-OH is 1. The quantitative estimate of drug-likeness (QED) is 0.342. The van der Waals surface area contributed by atoms with Gasteiger partial charge in [-0.3, -0.25) is 23.6 Å². The van der Waals surface area contributed by atoms with Crippen molar-refractivity contribution < 1.29 is 41.7 Å². The maximum atomic E-state index is 13.8. The van der Waals surface area contributed by atoms with Gasteiger partial charge < -0.3 is 20.1 Å². The van der Waals surface area contributed by atoms with Gasteiger partial charge in [0, 0.05) is 26.2 Å². The number of β-amino-alcohol motifs (C(OH)–C–C–N with tert-alkyl or cyclic N) is 1. The zero-order valence-corrected chi connectivity index (χ0v) is 23.0. The minimum absolute atomic E-state index is 0.0287. The molecule has 2 aliphatic heterocycles. The predicted octanol–water partition coefficient (Wildman–Crippen LogP) is 4.48. The molecule has 0 saturated carbocycles. The highest BCUT2D eigenvalue weighted by atomic mass is 32.3. The Kier molecular flexibility index (Phi) is 9.00. The molecular formula is C27H34F3N3O6S. The SMILES string of the molecule is CC(C)CN(C(=O)Cc1ccc2c(c1)NC(=O)CS2(O)O)[C@H](CN1CC[C@H](O)C1)c1cccc(OC(F)(F)F)c1. The number of alkyl halides is 3. The molecule has 0 bridgehead atoms. The van der Waals surface area contributed by atoms with Gasteiger partial charge in [0.2, 0.25) is 11.8 Å². The van der Waals surface area contributed by atoms with Crippen LogP contribution in [0.2, 0.25) is 0 Å². The first-order valence-corrected chi connectivity index (χ1v) is 14.7. The van der Waals surface area contributed by atoms with Crippen LogP contribution in [0.4, 0.5) is 18.9 Å². The molecule has 2 atom stereocenters. The molecule has 1 saturated heterocycles. The zero-order valence-electron chi connectivity index (χ0n) is 22.2. The molecule has 2 aromatic rings. The Morgan fingerprint density at radius 3 is 2.62 bits per heavy atom. The van der Waals surface area contributed by atoms with Crippen LogP contribution in [0.1, 0.15) is 37.4 Å². The van der Waals surface area contributed by atoms with Gasteiger partial charge in [-0.05, 0) is 47.7 Å². The van der Waals surface area contributed by atoms with Gasteiger partial charge in [-0.2, -0.15) is 10.6 Å². The highest BCUT2D eigenvalue weighted by molar-refractivity contribution is 8.25. The molecule has 2 aliphatic rings. The van der Waals surface area contributed by atoms with E-state index in [4.69, 9.17) is 0 Å². The number of nitrogens with zero attached hydrogens (tertiary/aromatic N) is 2. The summed E-state index contributed by atoms with van der Waals surface area (Å²) >= 11 is 0. The number of carbonyl (C=O) groups excluding carboxylic acids is 2. The van der Waals surface area contributed by atoms with E-state index in [2.05, 4.69) is 10.1 Å². The number of rotatable bonds is 9. The van der Waals surface area contributed by atoms with Crippen LogP contribution in [0.3, 0.4) is 0 Å². The lowest BCUT2D eigenvalue weighted by atomic mass is 10.0. The molecule has 0 aliphatic carbocycles. The Morgan fingerprint density at radius 2 is 1.98 bits per heavy atom. The fraction of sp³-hybridized carbons (Fsp3) is 0.481. The third kappa shape index (κ3) is 7.67. The summed E-state index contributed by atoms with van der Waals surface area (Å²) in [5.74, 6) is -1.62. The molecule has 13 heteroatoms. The van der Waals surface area contributed by atoms with Crippen molar-refractivity contribution in [3.8, 4) is 5.75 Å². The van der Waals surface area contributed by atoms with Crippen LogP contribution in [0.15, 0.2) is 47.4 Å². The average Bonchev–Trinajstić information content (AvgIpc) is 3.24. The number of nitrogens with one attached hydrogen (secondary N) is 1. The summed E-state index contributed by atoms with van der Waals surface area (Å²) in [6.45, 7) is 5.43. The second-order valence-electron chi connectivity index (χ2n) is 10.6. The summed E-state index contributed by atoms with van der Waals surface area (Å²) in [4.78, 5) is 29.6. The molecule has 1 fully saturated rings. The number of halogens is 3. The number of ether oxygens (including phenoxy) is 1. The van der Waals surface area contributed by atoms with Gasteiger partial charge in [0.1, 0.15) is 11.5 Å². The van der Waals surface area contributed by atoms with Crippen molar-refractivity contribution in [3.05, 3.63) is 53.6 Å². The predicted molar refractivity (Wildman–Crippen MR) is 144 cm³/mol. The lowest BCUT2D eigenvalue weighted by Gasteiger charge is -2.37. The van der Waals surface area contributed by atoms with Gasteiger partial charge in [0.05, 0.1) is 29.1 Å². The van der Waals surface area contributed by atoms with Crippen molar-refractivity contribution in [2.45, 2.75) is 50.1 Å². The van der Waals surface area contributed by atoms with Crippen LogP contribution in [-0.2, 0) is 16.0 Å². The Morgan fingerprint density at radius 1 is 1.23 bits per heavy atom. The molecule has 0 unspecified atom stereocenters. The summed E-state index contributed by atoms with van der Waals surface area (Å²) in [5, 5.41) is 12.7. The second kappa shape index (κ2) is 12.0. The molecular weight excluding hydrogens is 551 g/mol. The lowest BCUT2D eigenvalue weighted by molar-refractivity contribution is -0.274. The number of carbonyl (C=O) groups is 2. The molecule has 2 amide bonds. The van der Waals surface area contributed by atoms with Crippen LogP contribution >= 0.6 is 10.6 Å². The van der Waals surface area contributed by atoms with Crippen LogP contribution < -0.4 is 10.1 Å². The molecule has 0 aromatic heterocycles. The lowest BCUT2D eigenvalue weighted by Crippen LogP contribution is -2.43. The fourth-order valence-electron chi connectivity index (χ4n) is 5.11. The first kappa shape index (κ1) is 30.1. The third-order valence-electron chi connectivity index (χ3n) is 6.77. The van der Waals surface area contributed by atoms with E-state index in [1.54, 1.807) is 17.0 Å². The number of benzene rings is 2. The average molecular weight is 586 g/mol. The van der Waals surface area contributed by atoms with Crippen LogP contribution in [0.25, 0.3) is 0 Å². The van der Waals surface area contributed by atoms with Crippen LogP contribution in [-0.4, -0.2) is 80.2 Å². The second-order valence-corrected chi connectivity index (χ2v) is 12.7. The minimum atomic E-state index is -4.87. The molecule has 220 valence electrons. The van der Waals surface area contributed by atoms with E-state index in [0.29, 0.717) is 43.7 Å². The van der Waals surface area contributed by atoms with E-state index < -0.39 is 46.5 Å².